The van der Waals surface area contributed by atoms with Gasteiger partial charge in [-0.1, -0.05) is 11.2 Å². The molecule has 0 saturated carbocycles. The van der Waals surface area contributed by atoms with Crippen LogP contribution in [0.15, 0.2) is 29.0 Å². The minimum Gasteiger partial charge on any atom is -0.351 e. The second-order valence-electron chi connectivity index (χ2n) is 6.46. The van der Waals surface area contributed by atoms with E-state index in [-0.39, 0.29) is 5.91 Å². The number of nitrogens with one attached hydrogen (secondary N) is 1. The quantitative estimate of drug-likeness (QED) is 0.787. The monoisotopic (exact) mass is 344 g/mol. The zero-order valence-electron chi connectivity index (χ0n) is 14.7. The van der Waals surface area contributed by atoms with E-state index >= 15 is 0 Å². The standard InChI is InChI=1S/C17H24N6O2/c1-13-20-16(21-25-13)11-22(2)15-5-7-23(10-15)12-17(24)19-9-14-4-3-6-18-8-14/h3-4,6,8,15H,5,7,9-12H2,1-2H3,(H,19,24)/t15-/m0/s1. The summed E-state index contributed by atoms with van der Waals surface area (Å²) in [6.07, 6.45) is 4.52. The highest BCUT2D eigenvalue weighted by Gasteiger charge is 2.27. The second-order valence-corrected chi connectivity index (χ2v) is 6.46. The summed E-state index contributed by atoms with van der Waals surface area (Å²) in [6.45, 7) is 5.17. The van der Waals surface area contributed by atoms with E-state index in [2.05, 4.69) is 37.3 Å². The molecule has 1 aliphatic rings. The minimum absolute atomic E-state index is 0.0425. The number of likely N-dealkylation sites (N-methyl/N-ethyl adjacent to an activating group) is 1. The van der Waals surface area contributed by atoms with Crippen LogP contribution in [0.4, 0.5) is 0 Å². The van der Waals surface area contributed by atoms with Crippen LogP contribution in [0.1, 0.15) is 23.7 Å². The Kier molecular flexibility index (Phi) is 5.72. The van der Waals surface area contributed by atoms with Gasteiger partial charge in [0.05, 0.1) is 13.1 Å². The van der Waals surface area contributed by atoms with Crippen LogP contribution in [0.5, 0.6) is 0 Å². The Bertz CT molecular complexity index is 689. The van der Waals surface area contributed by atoms with Gasteiger partial charge in [-0.2, -0.15) is 4.98 Å². The van der Waals surface area contributed by atoms with E-state index in [4.69, 9.17) is 4.52 Å². The molecule has 2 aromatic heterocycles. The molecule has 0 radical (unpaired) electrons. The molecule has 8 heteroatoms. The zero-order valence-corrected chi connectivity index (χ0v) is 14.7. The molecule has 0 spiro atoms. The maximum absolute atomic E-state index is 12.1. The number of pyridine rings is 1. The Morgan fingerprint density at radius 2 is 2.40 bits per heavy atom. The van der Waals surface area contributed by atoms with Crippen molar-refractivity contribution < 1.29 is 9.32 Å². The fourth-order valence-electron chi connectivity index (χ4n) is 3.04. The first-order valence-electron chi connectivity index (χ1n) is 8.47. The van der Waals surface area contributed by atoms with Crippen LogP contribution in [0.2, 0.25) is 0 Å². The molecular weight excluding hydrogens is 320 g/mol. The van der Waals surface area contributed by atoms with Gasteiger partial charge in [0.15, 0.2) is 5.82 Å². The van der Waals surface area contributed by atoms with E-state index in [1.807, 2.05) is 12.1 Å². The molecule has 0 aromatic carbocycles. The van der Waals surface area contributed by atoms with Gasteiger partial charge in [0.1, 0.15) is 0 Å². The topological polar surface area (TPSA) is 87.4 Å². The Morgan fingerprint density at radius 3 is 3.12 bits per heavy atom. The lowest BCUT2D eigenvalue weighted by atomic mass is 10.2. The SMILES string of the molecule is Cc1nc(CN(C)[C@H]2CCN(CC(=O)NCc3cccnc3)C2)no1. The van der Waals surface area contributed by atoms with Crippen molar-refractivity contribution in [2.75, 3.05) is 26.7 Å². The van der Waals surface area contributed by atoms with Crippen molar-refractivity contribution in [3.8, 4) is 0 Å². The molecule has 3 heterocycles. The van der Waals surface area contributed by atoms with E-state index in [0.717, 1.165) is 25.1 Å². The Labute approximate surface area is 147 Å². The van der Waals surface area contributed by atoms with Gasteiger partial charge in [-0.15, -0.1) is 0 Å². The summed E-state index contributed by atoms with van der Waals surface area (Å²) in [5.41, 5.74) is 1.00. The molecule has 1 N–H and O–H groups in total. The predicted octanol–water partition coefficient (Wildman–Crippen LogP) is 0.596. The molecule has 1 aliphatic heterocycles. The molecule has 1 fully saturated rings. The molecule has 1 amide bonds. The van der Waals surface area contributed by atoms with Crippen molar-refractivity contribution in [2.45, 2.75) is 32.5 Å². The number of nitrogens with zero attached hydrogens (tertiary/aromatic N) is 5. The van der Waals surface area contributed by atoms with Crippen LogP contribution in [-0.2, 0) is 17.9 Å². The lowest BCUT2D eigenvalue weighted by Crippen LogP contribution is -2.38. The summed E-state index contributed by atoms with van der Waals surface area (Å²) in [7, 11) is 2.06. The van der Waals surface area contributed by atoms with Crippen molar-refractivity contribution in [3.05, 3.63) is 41.8 Å². The molecule has 3 rings (SSSR count). The van der Waals surface area contributed by atoms with Gasteiger partial charge in [-0.25, -0.2) is 0 Å². The van der Waals surface area contributed by atoms with Gasteiger partial charge in [-0.05, 0) is 25.1 Å². The lowest BCUT2D eigenvalue weighted by Gasteiger charge is -2.23. The highest BCUT2D eigenvalue weighted by Crippen LogP contribution is 2.15. The minimum atomic E-state index is 0.0425. The van der Waals surface area contributed by atoms with E-state index in [1.165, 1.54) is 0 Å². The molecular formula is C17H24N6O2. The third-order valence-electron chi connectivity index (χ3n) is 4.41. The Morgan fingerprint density at radius 1 is 1.52 bits per heavy atom. The van der Waals surface area contributed by atoms with Gasteiger partial charge in [-0.3, -0.25) is 19.6 Å². The summed E-state index contributed by atoms with van der Waals surface area (Å²) < 4.78 is 5.01. The van der Waals surface area contributed by atoms with Gasteiger partial charge in [0.25, 0.3) is 0 Å². The fraction of sp³-hybridized carbons (Fsp3) is 0.529. The number of aromatic nitrogens is 3. The molecule has 0 bridgehead atoms. The van der Waals surface area contributed by atoms with Crippen LogP contribution < -0.4 is 5.32 Å². The first kappa shape index (κ1) is 17.5. The Hall–Kier alpha value is -2.32. The lowest BCUT2D eigenvalue weighted by molar-refractivity contribution is -0.122. The Balaban J connectivity index is 1.40. The second kappa shape index (κ2) is 8.17. The third-order valence-corrected chi connectivity index (χ3v) is 4.41. The highest BCUT2D eigenvalue weighted by atomic mass is 16.5. The van der Waals surface area contributed by atoms with Crippen molar-refractivity contribution >= 4 is 5.91 Å². The number of likely N-dealkylation sites (tertiary alicyclic amines) is 1. The largest absolute Gasteiger partial charge is 0.351 e. The first-order valence-corrected chi connectivity index (χ1v) is 8.47. The number of hydrogen-bond donors (Lipinski definition) is 1. The van der Waals surface area contributed by atoms with E-state index in [9.17, 15) is 4.79 Å². The molecule has 1 atom stereocenters. The van der Waals surface area contributed by atoms with Crippen LogP contribution >= 0.6 is 0 Å². The van der Waals surface area contributed by atoms with E-state index in [1.54, 1.807) is 19.3 Å². The molecule has 134 valence electrons. The molecule has 0 unspecified atom stereocenters. The number of rotatable bonds is 7. The third kappa shape index (κ3) is 5.07. The van der Waals surface area contributed by atoms with Crippen LogP contribution in [0.25, 0.3) is 0 Å². The average molecular weight is 344 g/mol. The number of aryl methyl sites for hydroxylation is 1. The van der Waals surface area contributed by atoms with Crippen molar-refractivity contribution in [2.24, 2.45) is 0 Å². The average Bonchev–Trinajstić information content (AvgIpc) is 3.23. The van der Waals surface area contributed by atoms with Gasteiger partial charge in [0, 0.05) is 45.0 Å². The number of hydrogen-bond acceptors (Lipinski definition) is 7. The summed E-state index contributed by atoms with van der Waals surface area (Å²) >= 11 is 0. The molecule has 2 aromatic rings. The van der Waals surface area contributed by atoms with E-state index in [0.29, 0.717) is 37.4 Å². The summed E-state index contributed by atoms with van der Waals surface area (Å²) in [4.78, 5) is 24.8. The van der Waals surface area contributed by atoms with Crippen LogP contribution in [0.3, 0.4) is 0 Å². The van der Waals surface area contributed by atoms with Gasteiger partial charge < -0.3 is 9.84 Å². The van der Waals surface area contributed by atoms with Crippen LogP contribution in [-0.4, -0.2) is 63.6 Å². The number of carbonyl (C=O) groups excluding carboxylic acids is 1. The smallest absolute Gasteiger partial charge is 0.234 e. The van der Waals surface area contributed by atoms with E-state index < -0.39 is 0 Å². The fourth-order valence-corrected chi connectivity index (χ4v) is 3.04. The number of amides is 1. The van der Waals surface area contributed by atoms with Gasteiger partial charge in [0.2, 0.25) is 11.8 Å². The molecule has 25 heavy (non-hydrogen) atoms. The number of carbonyl (C=O) groups is 1. The van der Waals surface area contributed by atoms with Crippen molar-refractivity contribution in [1.82, 2.24) is 30.2 Å². The predicted molar refractivity (Wildman–Crippen MR) is 91.4 cm³/mol. The van der Waals surface area contributed by atoms with Crippen molar-refractivity contribution in [1.29, 1.82) is 0 Å². The van der Waals surface area contributed by atoms with Crippen molar-refractivity contribution in [3.63, 3.8) is 0 Å². The maximum atomic E-state index is 12.1. The molecule has 0 aliphatic carbocycles. The summed E-state index contributed by atoms with van der Waals surface area (Å²) in [6, 6.07) is 4.21. The zero-order chi connectivity index (χ0) is 17.6. The molecule has 1 saturated heterocycles. The van der Waals surface area contributed by atoms with Gasteiger partial charge >= 0.3 is 0 Å². The summed E-state index contributed by atoms with van der Waals surface area (Å²) in [5.74, 6) is 1.33. The maximum Gasteiger partial charge on any atom is 0.234 e. The highest BCUT2D eigenvalue weighted by molar-refractivity contribution is 5.78. The normalized spacial score (nSPS) is 18.0. The summed E-state index contributed by atoms with van der Waals surface area (Å²) in [5, 5.41) is 6.88. The van der Waals surface area contributed by atoms with Crippen LogP contribution in [0, 0.1) is 6.92 Å². The molecule has 8 nitrogen and oxygen atoms in total. The first-order chi connectivity index (χ1) is 12.1.